The second-order valence-electron chi connectivity index (χ2n) is 11.6. The van der Waals surface area contributed by atoms with E-state index in [1.54, 1.807) is 5.57 Å². The summed E-state index contributed by atoms with van der Waals surface area (Å²) in [5, 5.41) is 11.0. The molecule has 0 aromatic rings. The van der Waals surface area contributed by atoms with Gasteiger partial charge in [-0.25, -0.2) is 0 Å². The highest BCUT2D eigenvalue weighted by molar-refractivity contribution is 7.99. The maximum atomic E-state index is 10.2. The van der Waals surface area contributed by atoms with Gasteiger partial charge in [0, 0.05) is 5.25 Å². The van der Waals surface area contributed by atoms with Gasteiger partial charge in [0.15, 0.2) is 0 Å². The Hall–Kier alpha value is 0.0500. The predicted molar refractivity (Wildman–Crippen MR) is 123 cm³/mol. The molecule has 0 bridgehead atoms. The molecule has 0 spiro atoms. The number of allylic oxidation sites excluding steroid dienone is 1. The number of aliphatic hydroxyl groups is 1. The molecule has 4 aliphatic rings. The second-order valence-corrected chi connectivity index (χ2v) is 13.1. The SMILES string of the molecule is CC(C)CCS[C@@H](C)[C@H]1CCC2C3CC=C4C[C@@H](O)CC[C@]4(C)C3CC[C@@]21C. The molecule has 160 valence electrons. The molecule has 8 atom stereocenters. The Morgan fingerprint density at radius 2 is 1.86 bits per heavy atom. The lowest BCUT2D eigenvalue weighted by Crippen LogP contribution is -2.51. The van der Waals surface area contributed by atoms with Gasteiger partial charge in [-0.2, -0.15) is 11.8 Å². The van der Waals surface area contributed by atoms with Gasteiger partial charge in [0.2, 0.25) is 0 Å². The lowest BCUT2D eigenvalue weighted by molar-refractivity contribution is -0.0493. The fourth-order valence-electron chi connectivity index (χ4n) is 8.06. The average molecular weight is 405 g/mol. The van der Waals surface area contributed by atoms with E-state index in [2.05, 4.69) is 52.5 Å². The van der Waals surface area contributed by atoms with Crippen LogP contribution in [0.25, 0.3) is 0 Å². The van der Waals surface area contributed by atoms with E-state index in [4.69, 9.17) is 0 Å². The van der Waals surface area contributed by atoms with Crippen LogP contribution in [0.4, 0.5) is 0 Å². The minimum Gasteiger partial charge on any atom is -0.393 e. The third kappa shape index (κ3) is 3.53. The standard InChI is InChI=1S/C26H44OS/c1-17(2)12-15-28-18(3)22-8-9-23-21-7-6-19-16-20(27)10-13-25(19,4)24(21)11-14-26(22,23)5/h6,17-18,20-24,27H,7-16H2,1-5H3/t18-,20-,21?,22+,23?,24?,25-,26+/m0/s1. The first-order valence-electron chi connectivity index (χ1n) is 12.2. The van der Waals surface area contributed by atoms with Gasteiger partial charge in [-0.05, 0) is 104 Å². The van der Waals surface area contributed by atoms with Gasteiger partial charge in [-0.1, -0.05) is 46.3 Å². The number of aliphatic hydroxyl groups excluding tert-OH is 1. The molecular formula is C26H44OS. The quantitative estimate of drug-likeness (QED) is 0.493. The molecule has 0 aliphatic heterocycles. The summed E-state index contributed by atoms with van der Waals surface area (Å²) in [6.45, 7) is 12.5. The van der Waals surface area contributed by atoms with Crippen LogP contribution >= 0.6 is 11.8 Å². The fourth-order valence-corrected chi connectivity index (χ4v) is 9.72. The van der Waals surface area contributed by atoms with E-state index in [0.29, 0.717) is 10.8 Å². The molecule has 0 saturated heterocycles. The van der Waals surface area contributed by atoms with Crippen molar-refractivity contribution >= 4 is 11.8 Å². The average Bonchev–Trinajstić information content (AvgIpc) is 2.99. The van der Waals surface area contributed by atoms with Gasteiger partial charge in [0.05, 0.1) is 6.10 Å². The molecule has 0 aromatic heterocycles. The van der Waals surface area contributed by atoms with Crippen molar-refractivity contribution in [2.45, 2.75) is 104 Å². The topological polar surface area (TPSA) is 20.2 Å². The third-order valence-corrected chi connectivity index (χ3v) is 11.1. The minimum atomic E-state index is -0.0793. The van der Waals surface area contributed by atoms with Gasteiger partial charge < -0.3 is 5.11 Å². The molecule has 1 nitrogen and oxygen atoms in total. The van der Waals surface area contributed by atoms with Crippen LogP contribution in [0.3, 0.4) is 0 Å². The first-order valence-corrected chi connectivity index (χ1v) is 13.3. The molecule has 2 heteroatoms. The Kier molecular flexibility index (Phi) is 6.04. The molecule has 0 heterocycles. The molecule has 28 heavy (non-hydrogen) atoms. The lowest BCUT2D eigenvalue weighted by Gasteiger charge is -2.58. The van der Waals surface area contributed by atoms with Crippen LogP contribution in [-0.4, -0.2) is 22.2 Å². The first-order chi connectivity index (χ1) is 13.3. The van der Waals surface area contributed by atoms with Crippen molar-refractivity contribution < 1.29 is 5.11 Å². The highest BCUT2D eigenvalue weighted by Crippen LogP contribution is 2.67. The van der Waals surface area contributed by atoms with E-state index >= 15 is 0 Å². The summed E-state index contributed by atoms with van der Waals surface area (Å²) in [5.41, 5.74) is 2.57. The zero-order valence-electron chi connectivity index (χ0n) is 19.0. The van der Waals surface area contributed by atoms with E-state index in [-0.39, 0.29) is 6.10 Å². The zero-order chi connectivity index (χ0) is 20.1. The molecule has 3 unspecified atom stereocenters. The Balaban J connectivity index is 1.49. The van der Waals surface area contributed by atoms with E-state index in [9.17, 15) is 5.11 Å². The lowest BCUT2D eigenvalue weighted by atomic mass is 9.47. The monoisotopic (exact) mass is 404 g/mol. The molecule has 4 rings (SSSR count). The van der Waals surface area contributed by atoms with Crippen molar-refractivity contribution in [3.8, 4) is 0 Å². The molecule has 0 amide bonds. The van der Waals surface area contributed by atoms with Crippen molar-refractivity contribution in [3.05, 3.63) is 11.6 Å². The summed E-state index contributed by atoms with van der Waals surface area (Å²) in [6.07, 6.45) is 14.2. The number of thioether (sulfide) groups is 1. The summed E-state index contributed by atoms with van der Waals surface area (Å²) in [7, 11) is 0. The molecular weight excluding hydrogens is 360 g/mol. The number of hydrogen-bond donors (Lipinski definition) is 1. The Morgan fingerprint density at radius 3 is 2.61 bits per heavy atom. The second kappa shape index (κ2) is 7.95. The van der Waals surface area contributed by atoms with Crippen LogP contribution in [-0.2, 0) is 0 Å². The maximum absolute atomic E-state index is 10.2. The zero-order valence-corrected chi connectivity index (χ0v) is 19.9. The molecule has 3 saturated carbocycles. The van der Waals surface area contributed by atoms with Crippen molar-refractivity contribution in [1.29, 1.82) is 0 Å². The van der Waals surface area contributed by atoms with Crippen molar-refractivity contribution in [1.82, 2.24) is 0 Å². The molecule has 4 aliphatic carbocycles. The van der Waals surface area contributed by atoms with Crippen LogP contribution in [0.1, 0.15) is 92.4 Å². The van der Waals surface area contributed by atoms with E-state index in [1.807, 2.05) is 0 Å². The highest BCUT2D eigenvalue weighted by atomic mass is 32.2. The fraction of sp³-hybridized carbons (Fsp3) is 0.923. The third-order valence-electron chi connectivity index (χ3n) is 9.79. The van der Waals surface area contributed by atoms with Crippen molar-refractivity contribution in [2.75, 3.05) is 5.75 Å². The van der Waals surface area contributed by atoms with E-state index < -0.39 is 0 Å². The maximum Gasteiger partial charge on any atom is 0.0577 e. The van der Waals surface area contributed by atoms with Gasteiger partial charge in [0.1, 0.15) is 0 Å². The smallest absolute Gasteiger partial charge is 0.0577 e. The van der Waals surface area contributed by atoms with Gasteiger partial charge in [-0.15, -0.1) is 0 Å². The Bertz CT molecular complexity index is 597. The Morgan fingerprint density at radius 1 is 1.07 bits per heavy atom. The van der Waals surface area contributed by atoms with Gasteiger partial charge >= 0.3 is 0 Å². The van der Waals surface area contributed by atoms with Crippen molar-refractivity contribution in [3.63, 3.8) is 0 Å². The largest absolute Gasteiger partial charge is 0.393 e. The van der Waals surface area contributed by atoms with Crippen LogP contribution < -0.4 is 0 Å². The summed E-state index contributed by atoms with van der Waals surface area (Å²) < 4.78 is 0. The highest BCUT2D eigenvalue weighted by Gasteiger charge is 2.59. The van der Waals surface area contributed by atoms with E-state index in [0.717, 1.165) is 47.7 Å². The predicted octanol–water partition coefficient (Wildman–Crippen LogP) is 7.09. The van der Waals surface area contributed by atoms with Crippen LogP contribution in [0.15, 0.2) is 11.6 Å². The summed E-state index contributed by atoms with van der Waals surface area (Å²) in [6, 6.07) is 0. The summed E-state index contributed by atoms with van der Waals surface area (Å²) in [5.74, 6) is 5.81. The normalized spacial score (nSPS) is 46.5. The van der Waals surface area contributed by atoms with Crippen molar-refractivity contribution in [2.24, 2.45) is 40.4 Å². The molecule has 3 fully saturated rings. The number of rotatable bonds is 5. The Labute approximate surface area is 178 Å². The minimum absolute atomic E-state index is 0.0793. The number of hydrogen-bond acceptors (Lipinski definition) is 2. The molecule has 1 N–H and O–H groups in total. The van der Waals surface area contributed by atoms with Crippen LogP contribution in [0, 0.1) is 40.4 Å². The molecule has 0 radical (unpaired) electrons. The number of fused-ring (bicyclic) bond motifs is 5. The summed E-state index contributed by atoms with van der Waals surface area (Å²) >= 11 is 2.26. The van der Waals surface area contributed by atoms with Gasteiger partial charge in [-0.3, -0.25) is 0 Å². The van der Waals surface area contributed by atoms with E-state index in [1.165, 1.54) is 50.7 Å². The van der Waals surface area contributed by atoms with Crippen LogP contribution in [0.5, 0.6) is 0 Å². The van der Waals surface area contributed by atoms with Crippen LogP contribution in [0.2, 0.25) is 0 Å². The molecule has 0 aromatic carbocycles. The summed E-state index contributed by atoms with van der Waals surface area (Å²) in [4.78, 5) is 0. The first kappa shape index (κ1) is 21.3. The van der Waals surface area contributed by atoms with Gasteiger partial charge in [0.25, 0.3) is 0 Å².